The first-order valence-electron chi connectivity index (χ1n) is 7.53. The molecule has 1 aromatic rings. The molecule has 0 heterocycles. The lowest BCUT2D eigenvalue weighted by Crippen LogP contribution is -2.49. The zero-order valence-electron chi connectivity index (χ0n) is 13.1. The number of benzene rings is 1. The van der Waals surface area contributed by atoms with Crippen molar-refractivity contribution >= 4 is 0 Å². The molecule has 0 aromatic heterocycles. The molecule has 1 aliphatic carbocycles. The second kappa shape index (κ2) is 7.09. The molecule has 1 N–H and O–H groups in total. The maximum absolute atomic E-state index is 5.30. The van der Waals surface area contributed by atoms with Gasteiger partial charge in [0.05, 0.1) is 13.7 Å². The van der Waals surface area contributed by atoms with Gasteiger partial charge in [-0.05, 0) is 42.4 Å². The van der Waals surface area contributed by atoms with Crippen LogP contribution in [-0.2, 0) is 4.74 Å². The van der Waals surface area contributed by atoms with Gasteiger partial charge in [0.15, 0.2) is 0 Å². The zero-order chi connectivity index (χ0) is 14.5. The van der Waals surface area contributed by atoms with Crippen molar-refractivity contribution < 1.29 is 9.47 Å². The molecule has 1 aromatic carbocycles. The minimum Gasteiger partial charge on any atom is -0.497 e. The molecule has 0 aliphatic heterocycles. The van der Waals surface area contributed by atoms with Crippen LogP contribution in [0.15, 0.2) is 24.3 Å². The number of ether oxygens (including phenoxy) is 2. The topological polar surface area (TPSA) is 30.5 Å². The van der Waals surface area contributed by atoms with Crippen LogP contribution < -0.4 is 10.1 Å². The molecular formula is C17H27NO2. The van der Waals surface area contributed by atoms with Crippen LogP contribution in [0, 0.1) is 5.92 Å². The third-order valence-corrected chi connectivity index (χ3v) is 4.30. The van der Waals surface area contributed by atoms with E-state index in [1.165, 1.54) is 18.4 Å². The van der Waals surface area contributed by atoms with E-state index < -0.39 is 0 Å². The highest BCUT2D eigenvalue weighted by Crippen LogP contribution is 2.38. The van der Waals surface area contributed by atoms with Gasteiger partial charge >= 0.3 is 0 Å². The Morgan fingerprint density at radius 3 is 2.60 bits per heavy atom. The van der Waals surface area contributed by atoms with Gasteiger partial charge in [-0.3, -0.25) is 0 Å². The van der Waals surface area contributed by atoms with Crippen molar-refractivity contribution in [2.75, 3.05) is 20.8 Å². The smallest absolute Gasteiger partial charge is 0.119 e. The fourth-order valence-electron chi connectivity index (χ4n) is 2.84. The van der Waals surface area contributed by atoms with Gasteiger partial charge in [-0.15, -0.1) is 0 Å². The number of methoxy groups -OCH3 is 2. The first kappa shape index (κ1) is 15.3. The summed E-state index contributed by atoms with van der Waals surface area (Å²) >= 11 is 0. The highest BCUT2D eigenvalue weighted by Gasteiger charge is 2.32. The van der Waals surface area contributed by atoms with E-state index in [4.69, 9.17) is 9.47 Å². The Labute approximate surface area is 122 Å². The molecule has 1 unspecified atom stereocenters. The van der Waals surface area contributed by atoms with Gasteiger partial charge in [0.2, 0.25) is 0 Å². The standard InChI is InChI=1S/C17H27NO2/c1-12(2)17(11-19-3)18-15-8-14(9-15)13-6-5-7-16(10-13)20-4/h5-7,10,12,14-15,17-18H,8-9,11H2,1-4H3. The molecule has 0 spiro atoms. The molecule has 0 radical (unpaired) electrons. The third-order valence-electron chi connectivity index (χ3n) is 4.30. The van der Waals surface area contributed by atoms with Gasteiger partial charge in [-0.2, -0.15) is 0 Å². The summed E-state index contributed by atoms with van der Waals surface area (Å²) in [5.74, 6) is 2.22. The van der Waals surface area contributed by atoms with Crippen LogP contribution in [0.4, 0.5) is 0 Å². The third kappa shape index (κ3) is 3.74. The fourth-order valence-corrected chi connectivity index (χ4v) is 2.84. The summed E-state index contributed by atoms with van der Waals surface area (Å²) in [7, 11) is 3.50. The molecular weight excluding hydrogens is 250 g/mol. The molecule has 0 saturated heterocycles. The van der Waals surface area contributed by atoms with Gasteiger partial charge < -0.3 is 14.8 Å². The zero-order valence-corrected chi connectivity index (χ0v) is 13.1. The molecule has 112 valence electrons. The molecule has 3 nitrogen and oxygen atoms in total. The molecule has 1 atom stereocenters. The van der Waals surface area contributed by atoms with E-state index in [0.717, 1.165) is 12.4 Å². The normalized spacial score (nSPS) is 23.4. The van der Waals surface area contributed by atoms with Gasteiger partial charge in [0.1, 0.15) is 5.75 Å². The van der Waals surface area contributed by atoms with Crippen LogP contribution in [0.3, 0.4) is 0 Å². The predicted molar refractivity (Wildman–Crippen MR) is 82.4 cm³/mol. The summed E-state index contributed by atoms with van der Waals surface area (Å²) in [4.78, 5) is 0. The quantitative estimate of drug-likeness (QED) is 0.830. The van der Waals surface area contributed by atoms with Gasteiger partial charge in [0, 0.05) is 19.2 Å². The molecule has 1 aliphatic rings. The van der Waals surface area contributed by atoms with E-state index >= 15 is 0 Å². The van der Waals surface area contributed by atoms with E-state index in [1.54, 1.807) is 14.2 Å². The Bertz CT molecular complexity index is 413. The predicted octanol–water partition coefficient (Wildman–Crippen LogP) is 3.20. The summed E-state index contributed by atoms with van der Waals surface area (Å²) in [6.45, 7) is 5.28. The summed E-state index contributed by atoms with van der Waals surface area (Å²) in [6, 6.07) is 9.53. The average molecular weight is 277 g/mol. The van der Waals surface area contributed by atoms with E-state index in [0.29, 0.717) is 23.9 Å². The Morgan fingerprint density at radius 1 is 1.25 bits per heavy atom. The summed E-state index contributed by atoms with van der Waals surface area (Å²) in [6.07, 6.45) is 2.42. The highest BCUT2D eigenvalue weighted by molar-refractivity contribution is 5.32. The van der Waals surface area contributed by atoms with Crippen LogP contribution in [0.25, 0.3) is 0 Å². The summed E-state index contributed by atoms with van der Waals surface area (Å²) in [5, 5.41) is 3.73. The van der Waals surface area contributed by atoms with Crippen LogP contribution in [0.1, 0.15) is 38.2 Å². The Kier molecular flexibility index (Phi) is 5.44. The fraction of sp³-hybridized carbons (Fsp3) is 0.647. The Hall–Kier alpha value is -1.06. The maximum Gasteiger partial charge on any atom is 0.119 e. The van der Waals surface area contributed by atoms with Crippen LogP contribution >= 0.6 is 0 Å². The van der Waals surface area contributed by atoms with E-state index in [-0.39, 0.29) is 0 Å². The van der Waals surface area contributed by atoms with E-state index in [2.05, 4.69) is 37.4 Å². The lowest BCUT2D eigenvalue weighted by Gasteiger charge is -2.39. The Balaban J connectivity index is 1.84. The molecule has 1 fully saturated rings. The van der Waals surface area contributed by atoms with Gasteiger partial charge in [-0.25, -0.2) is 0 Å². The number of nitrogens with one attached hydrogen (secondary N) is 1. The molecule has 3 heteroatoms. The van der Waals surface area contributed by atoms with E-state index in [9.17, 15) is 0 Å². The molecule has 0 amide bonds. The van der Waals surface area contributed by atoms with Crippen molar-refractivity contribution in [3.8, 4) is 5.75 Å². The first-order chi connectivity index (χ1) is 9.63. The lowest BCUT2D eigenvalue weighted by molar-refractivity contribution is 0.126. The van der Waals surface area contributed by atoms with Crippen molar-refractivity contribution in [3.05, 3.63) is 29.8 Å². The first-order valence-corrected chi connectivity index (χ1v) is 7.53. The van der Waals surface area contributed by atoms with Gasteiger partial charge in [-0.1, -0.05) is 26.0 Å². The van der Waals surface area contributed by atoms with Crippen LogP contribution in [0.5, 0.6) is 5.75 Å². The van der Waals surface area contributed by atoms with E-state index in [1.807, 2.05) is 6.07 Å². The maximum atomic E-state index is 5.30. The number of rotatable bonds is 7. The highest BCUT2D eigenvalue weighted by atomic mass is 16.5. The largest absolute Gasteiger partial charge is 0.497 e. The van der Waals surface area contributed by atoms with Crippen LogP contribution in [0.2, 0.25) is 0 Å². The molecule has 20 heavy (non-hydrogen) atoms. The number of hydrogen-bond acceptors (Lipinski definition) is 3. The van der Waals surface area contributed by atoms with Crippen molar-refractivity contribution in [2.24, 2.45) is 5.92 Å². The molecule has 1 saturated carbocycles. The SMILES string of the molecule is COCC(NC1CC(c2cccc(OC)c2)C1)C(C)C. The molecule has 0 bridgehead atoms. The van der Waals surface area contributed by atoms with Crippen molar-refractivity contribution in [3.63, 3.8) is 0 Å². The summed E-state index contributed by atoms with van der Waals surface area (Å²) in [5.41, 5.74) is 1.40. The monoisotopic (exact) mass is 277 g/mol. The van der Waals surface area contributed by atoms with Crippen molar-refractivity contribution in [1.82, 2.24) is 5.32 Å². The molecule has 2 rings (SSSR count). The van der Waals surface area contributed by atoms with Gasteiger partial charge in [0.25, 0.3) is 0 Å². The number of hydrogen-bond donors (Lipinski definition) is 1. The second-order valence-corrected chi connectivity index (χ2v) is 6.11. The minimum atomic E-state index is 0.455. The van der Waals surface area contributed by atoms with Crippen molar-refractivity contribution in [1.29, 1.82) is 0 Å². The van der Waals surface area contributed by atoms with Crippen LogP contribution in [-0.4, -0.2) is 32.9 Å². The minimum absolute atomic E-state index is 0.455. The summed E-state index contributed by atoms with van der Waals surface area (Å²) < 4.78 is 10.6. The lowest BCUT2D eigenvalue weighted by atomic mass is 9.75. The van der Waals surface area contributed by atoms with Crippen molar-refractivity contribution in [2.45, 2.75) is 44.7 Å². The Morgan fingerprint density at radius 2 is 2.00 bits per heavy atom. The average Bonchev–Trinajstić information content (AvgIpc) is 2.40. The second-order valence-electron chi connectivity index (χ2n) is 6.11.